The van der Waals surface area contributed by atoms with Gasteiger partial charge < -0.3 is 26.2 Å². The molecule has 0 spiro atoms. The van der Waals surface area contributed by atoms with Crippen LogP contribution in [0.2, 0.25) is 0 Å². The summed E-state index contributed by atoms with van der Waals surface area (Å²) in [6.07, 6.45) is 6.67. The van der Waals surface area contributed by atoms with E-state index in [1.54, 1.807) is 0 Å². The fraction of sp³-hybridized carbons (Fsp3) is 0.778. The molecule has 1 heterocycles. The molecule has 37 heavy (non-hydrogen) atoms. The van der Waals surface area contributed by atoms with Crippen molar-refractivity contribution in [3.05, 3.63) is 10.6 Å². The van der Waals surface area contributed by atoms with Crippen LogP contribution in [0, 0.1) is 22.7 Å². The van der Waals surface area contributed by atoms with Crippen LogP contribution in [0.1, 0.15) is 88.6 Å². The molecule has 0 unspecified atom stereocenters. The van der Waals surface area contributed by atoms with E-state index in [2.05, 4.69) is 22.9 Å². The van der Waals surface area contributed by atoms with Crippen molar-refractivity contribution in [1.29, 1.82) is 0 Å². The Bertz CT molecular complexity index is 1010. The van der Waals surface area contributed by atoms with E-state index in [-0.39, 0.29) is 53.9 Å². The van der Waals surface area contributed by atoms with E-state index in [4.69, 9.17) is 4.98 Å². The Morgan fingerprint density at radius 1 is 1.08 bits per heavy atom. The van der Waals surface area contributed by atoms with Gasteiger partial charge in [-0.05, 0) is 43.4 Å². The second kappa shape index (κ2) is 11.4. The van der Waals surface area contributed by atoms with Gasteiger partial charge in [0.1, 0.15) is 0 Å². The van der Waals surface area contributed by atoms with E-state index in [1.165, 1.54) is 24.7 Å². The van der Waals surface area contributed by atoms with Gasteiger partial charge in [-0.1, -0.05) is 33.1 Å². The lowest BCUT2D eigenvalue weighted by Crippen LogP contribution is -2.57. The molecule has 2 saturated carbocycles. The molecule has 3 aliphatic rings. The molecule has 1 aromatic rings. The van der Waals surface area contributed by atoms with E-state index in [9.17, 15) is 24.6 Å². The first-order chi connectivity index (χ1) is 17.6. The molecule has 2 fully saturated rings. The molecule has 0 saturated heterocycles. The number of rotatable bonds is 8. The van der Waals surface area contributed by atoms with Gasteiger partial charge in [-0.15, -0.1) is 11.3 Å². The third-order valence-corrected chi connectivity index (χ3v) is 10.3. The van der Waals surface area contributed by atoms with Gasteiger partial charge in [-0.3, -0.25) is 14.4 Å². The van der Waals surface area contributed by atoms with Gasteiger partial charge in [0, 0.05) is 48.6 Å². The summed E-state index contributed by atoms with van der Waals surface area (Å²) in [5.74, 6) is -0.473. The van der Waals surface area contributed by atoms with Crippen molar-refractivity contribution in [3.63, 3.8) is 0 Å². The number of carbonyl (C=O) groups is 3. The highest BCUT2D eigenvalue weighted by atomic mass is 32.1. The van der Waals surface area contributed by atoms with Crippen molar-refractivity contribution in [2.24, 2.45) is 22.7 Å². The van der Waals surface area contributed by atoms with Crippen molar-refractivity contribution in [3.8, 4) is 0 Å². The molecule has 1 aromatic heterocycles. The van der Waals surface area contributed by atoms with Crippen LogP contribution < -0.4 is 16.0 Å². The third-order valence-electron chi connectivity index (χ3n) is 9.31. The average Bonchev–Trinajstić information content (AvgIpc) is 3.28. The summed E-state index contributed by atoms with van der Waals surface area (Å²) >= 11 is 1.46. The van der Waals surface area contributed by atoms with Gasteiger partial charge in [-0.2, -0.15) is 0 Å². The Morgan fingerprint density at radius 2 is 1.78 bits per heavy atom. The second-order valence-electron chi connectivity index (χ2n) is 11.7. The van der Waals surface area contributed by atoms with Crippen molar-refractivity contribution < 1.29 is 24.6 Å². The maximum Gasteiger partial charge on any atom is 0.229 e. The molecule has 10 heteroatoms. The van der Waals surface area contributed by atoms with Crippen LogP contribution in [0.15, 0.2) is 0 Å². The van der Waals surface area contributed by atoms with Crippen molar-refractivity contribution in [1.82, 2.24) is 15.6 Å². The minimum Gasteiger partial charge on any atom is -0.396 e. The predicted molar refractivity (Wildman–Crippen MR) is 142 cm³/mol. The summed E-state index contributed by atoms with van der Waals surface area (Å²) in [6, 6.07) is 0. The Hall–Kier alpha value is -2.04. The number of aromatic nitrogens is 1. The monoisotopic (exact) mass is 534 g/mol. The molecule has 0 aliphatic heterocycles. The lowest BCUT2D eigenvalue weighted by molar-refractivity contribution is -0.144. The average molecular weight is 535 g/mol. The number of aliphatic hydroxyl groups is 2. The van der Waals surface area contributed by atoms with Crippen LogP contribution in [-0.4, -0.2) is 58.7 Å². The summed E-state index contributed by atoms with van der Waals surface area (Å²) in [7, 11) is 0. The summed E-state index contributed by atoms with van der Waals surface area (Å²) < 4.78 is 0. The Balaban J connectivity index is 1.60. The van der Waals surface area contributed by atoms with E-state index < -0.39 is 11.5 Å². The van der Waals surface area contributed by atoms with Crippen molar-refractivity contribution in [2.75, 3.05) is 25.0 Å². The second-order valence-corrected chi connectivity index (χ2v) is 12.8. The number of thiazole rings is 1. The maximum atomic E-state index is 13.1. The topological polar surface area (TPSA) is 141 Å². The standard InChI is InChI=1S/C27H42N4O5S/c1-16(33)28-11-12-29-22(35)13-18-23-19(14-20-26(18,2)10-9-21(34)27(20,3)15-32)37-25(30-23)31-24(36)17-7-5-4-6-8-17/h17-18,20-21,32,34H,4-15H2,1-3H3,(H,28,33)(H,29,35)(H,30,31,36)/t18-,20+,21+,26-,27-/m0/s1. The van der Waals surface area contributed by atoms with Crippen molar-refractivity contribution >= 4 is 34.2 Å². The zero-order chi connectivity index (χ0) is 26.8. The van der Waals surface area contributed by atoms with Crippen molar-refractivity contribution in [2.45, 2.75) is 90.6 Å². The van der Waals surface area contributed by atoms with E-state index in [1.807, 2.05) is 6.92 Å². The largest absolute Gasteiger partial charge is 0.396 e. The Kier molecular flexibility index (Phi) is 8.60. The highest BCUT2D eigenvalue weighted by Crippen LogP contribution is 2.62. The molecule has 3 aliphatic carbocycles. The number of nitrogens with one attached hydrogen (secondary N) is 3. The molecule has 0 bridgehead atoms. The number of hydrogen-bond donors (Lipinski definition) is 5. The molecule has 5 N–H and O–H groups in total. The molecular formula is C27H42N4O5S. The maximum absolute atomic E-state index is 13.1. The summed E-state index contributed by atoms with van der Waals surface area (Å²) in [5, 5.41) is 30.5. The summed E-state index contributed by atoms with van der Waals surface area (Å²) in [5.41, 5.74) is -0.186. The number of fused-ring (bicyclic) bond motifs is 2. The van der Waals surface area contributed by atoms with Gasteiger partial charge >= 0.3 is 0 Å². The van der Waals surface area contributed by atoms with Crippen LogP contribution in [-0.2, 0) is 20.8 Å². The number of hydrogen-bond acceptors (Lipinski definition) is 7. The predicted octanol–water partition coefficient (Wildman–Crippen LogP) is 2.72. The SMILES string of the molecule is CC(=O)NCCNC(=O)C[C@H]1c2nc(NC(=O)C3CCCCC3)sc2C[C@H]2[C@](C)(CO)[C@H](O)CC[C@]21C. The van der Waals surface area contributed by atoms with E-state index >= 15 is 0 Å². The summed E-state index contributed by atoms with van der Waals surface area (Å²) in [4.78, 5) is 43.0. The van der Waals surface area contributed by atoms with Crippen LogP contribution >= 0.6 is 11.3 Å². The van der Waals surface area contributed by atoms with Crippen LogP contribution in [0.4, 0.5) is 5.13 Å². The number of carbonyl (C=O) groups excluding carboxylic acids is 3. The Labute approximate surface area is 223 Å². The smallest absolute Gasteiger partial charge is 0.229 e. The van der Waals surface area contributed by atoms with Crippen LogP contribution in [0.25, 0.3) is 0 Å². The minimum absolute atomic E-state index is 0.0211. The number of aliphatic hydroxyl groups excluding tert-OH is 2. The number of anilines is 1. The molecule has 0 radical (unpaired) electrons. The zero-order valence-electron chi connectivity index (χ0n) is 22.3. The van der Waals surface area contributed by atoms with E-state index in [0.29, 0.717) is 31.1 Å². The number of amides is 3. The van der Waals surface area contributed by atoms with Crippen LogP contribution in [0.3, 0.4) is 0 Å². The third kappa shape index (κ3) is 5.71. The highest BCUT2D eigenvalue weighted by molar-refractivity contribution is 7.15. The molecule has 0 aromatic carbocycles. The molecule has 206 valence electrons. The van der Waals surface area contributed by atoms with Gasteiger partial charge in [0.05, 0.1) is 18.4 Å². The quantitative estimate of drug-likeness (QED) is 0.325. The normalized spacial score (nSPS) is 31.6. The van der Waals surface area contributed by atoms with Gasteiger partial charge in [0.2, 0.25) is 17.7 Å². The zero-order valence-corrected chi connectivity index (χ0v) is 23.1. The lowest BCUT2D eigenvalue weighted by Gasteiger charge is -2.58. The lowest BCUT2D eigenvalue weighted by atomic mass is 9.47. The Morgan fingerprint density at radius 3 is 2.46 bits per heavy atom. The van der Waals surface area contributed by atoms with Gasteiger partial charge in [0.25, 0.3) is 0 Å². The first-order valence-corrected chi connectivity index (χ1v) is 14.5. The minimum atomic E-state index is -0.694. The summed E-state index contributed by atoms with van der Waals surface area (Å²) in [6.45, 7) is 6.11. The highest BCUT2D eigenvalue weighted by Gasteiger charge is 2.59. The molecule has 9 nitrogen and oxygen atoms in total. The first-order valence-electron chi connectivity index (χ1n) is 13.7. The van der Waals surface area contributed by atoms with Gasteiger partial charge in [-0.25, -0.2) is 4.98 Å². The fourth-order valence-electron chi connectivity index (χ4n) is 6.97. The first kappa shape index (κ1) is 28.0. The molecule has 3 amide bonds. The van der Waals surface area contributed by atoms with Crippen LogP contribution in [0.5, 0.6) is 0 Å². The number of nitrogens with zero attached hydrogens (tertiary/aromatic N) is 1. The molecule has 5 atom stereocenters. The van der Waals surface area contributed by atoms with E-state index in [0.717, 1.165) is 42.7 Å². The fourth-order valence-corrected chi connectivity index (χ4v) is 8.04. The van der Waals surface area contributed by atoms with Gasteiger partial charge in [0.15, 0.2) is 5.13 Å². The molecular weight excluding hydrogens is 492 g/mol. The molecule has 4 rings (SSSR count).